The van der Waals surface area contributed by atoms with E-state index in [1.807, 2.05) is 0 Å². The lowest BCUT2D eigenvalue weighted by atomic mass is 9.79. The summed E-state index contributed by atoms with van der Waals surface area (Å²) >= 11 is 0. The average molecular weight is 311 g/mol. The van der Waals surface area contributed by atoms with E-state index >= 15 is 0 Å². The number of likely N-dealkylation sites (tertiary alicyclic amines) is 1. The first-order valence-electron chi connectivity index (χ1n) is 7.77. The van der Waals surface area contributed by atoms with Gasteiger partial charge in [0.15, 0.2) is 0 Å². The number of nitrogens with zero attached hydrogens (tertiary/aromatic N) is 1. The van der Waals surface area contributed by atoms with Crippen molar-refractivity contribution < 1.29 is 4.74 Å². The van der Waals surface area contributed by atoms with Crippen LogP contribution < -0.4 is 10.5 Å². The molecule has 2 aliphatic heterocycles. The van der Waals surface area contributed by atoms with Gasteiger partial charge in [-0.1, -0.05) is 26.0 Å². The molecule has 1 aromatic rings. The summed E-state index contributed by atoms with van der Waals surface area (Å²) in [4.78, 5) is 2.56. The molecule has 4 heteroatoms. The molecule has 1 atom stereocenters. The van der Waals surface area contributed by atoms with Crippen molar-refractivity contribution in [2.24, 2.45) is 11.1 Å². The first-order valence-corrected chi connectivity index (χ1v) is 7.77. The molecule has 3 nitrogen and oxygen atoms in total. The highest BCUT2D eigenvalue weighted by atomic mass is 35.5. The Kier molecular flexibility index (Phi) is 5.18. The summed E-state index contributed by atoms with van der Waals surface area (Å²) in [6.45, 7) is 8.81. The van der Waals surface area contributed by atoms with Crippen molar-refractivity contribution in [1.82, 2.24) is 4.90 Å². The lowest BCUT2D eigenvalue weighted by molar-refractivity contribution is 0.0965. The molecule has 3 rings (SSSR count). The Morgan fingerprint density at radius 3 is 2.95 bits per heavy atom. The van der Waals surface area contributed by atoms with Gasteiger partial charge in [-0.2, -0.15) is 0 Å². The standard InChI is InChI=1S/C17H26N2O.ClH/c1-17(2)12-19(9-6-16(17)18)8-5-13-3-4-15-14(11-13)7-10-20-15;/h3-4,11,16H,5-10,12,18H2,1-2H3;1H. The molecule has 0 radical (unpaired) electrons. The Balaban J connectivity index is 0.00000161. The van der Waals surface area contributed by atoms with E-state index in [1.165, 1.54) is 11.1 Å². The van der Waals surface area contributed by atoms with E-state index in [-0.39, 0.29) is 17.8 Å². The highest BCUT2D eigenvalue weighted by molar-refractivity contribution is 5.85. The maximum Gasteiger partial charge on any atom is 0.122 e. The summed E-state index contributed by atoms with van der Waals surface area (Å²) in [5.74, 6) is 1.08. The summed E-state index contributed by atoms with van der Waals surface area (Å²) in [6.07, 6.45) is 3.30. The molecule has 2 heterocycles. The van der Waals surface area contributed by atoms with Gasteiger partial charge >= 0.3 is 0 Å². The van der Waals surface area contributed by atoms with E-state index in [0.29, 0.717) is 6.04 Å². The minimum atomic E-state index is 0. The van der Waals surface area contributed by atoms with Gasteiger partial charge in [0.05, 0.1) is 6.61 Å². The van der Waals surface area contributed by atoms with E-state index in [0.717, 1.165) is 51.3 Å². The molecule has 0 aromatic heterocycles. The lowest BCUT2D eigenvalue weighted by Crippen LogP contribution is -2.52. The summed E-state index contributed by atoms with van der Waals surface area (Å²) in [7, 11) is 0. The molecule has 0 spiro atoms. The van der Waals surface area contributed by atoms with Crippen LogP contribution >= 0.6 is 12.4 Å². The summed E-state index contributed by atoms with van der Waals surface area (Å²) in [6, 6.07) is 7.01. The first kappa shape index (κ1) is 16.6. The summed E-state index contributed by atoms with van der Waals surface area (Å²) < 4.78 is 5.56. The van der Waals surface area contributed by atoms with Crippen LogP contribution in [0.2, 0.25) is 0 Å². The second-order valence-corrected chi connectivity index (χ2v) is 6.95. The molecular formula is C17H27ClN2O. The van der Waals surface area contributed by atoms with Crippen LogP contribution in [0.3, 0.4) is 0 Å². The minimum Gasteiger partial charge on any atom is -0.493 e. The zero-order valence-electron chi connectivity index (χ0n) is 13.1. The molecule has 1 aromatic carbocycles. The smallest absolute Gasteiger partial charge is 0.122 e. The van der Waals surface area contributed by atoms with Gasteiger partial charge in [-0.05, 0) is 42.0 Å². The predicted molar refractivity (Wildman–Crippen MR) is 89.4 cm³/mol. The molecule has 0 aliphatic carbocycles. The van der Waals surface area contributed by atoms with Crippen molar-refractivity contribution in [3.05, 3.63) is 29.3 Å². The molecule has 2 aliphatic rings. The third kappa shape index (κ3) is 3.71. The first-order chi connectivity index (χ1) is 9.54. The van der Waals surface area contributed by atoms with Gasteiger partial charge < -0.3 is 15.4 Å². The summed E-state index contributed by atoms with van der Waals surface area (Å²) in [5, 5.41) is 0. The predicted octanol–water partition coefficient (Wildman–Crippen LogP) is 2.65. The van der Waals surface area contributed by atoms with Crippen LogP contribution in [0, 0.1) is 5.41 Å². The molecular weight excluding hydrogens is 284 g/mol. The van der Waals surface area contributed by atoms with Gasteiger partial charge in [-0.25, -0.2) is 0 Å². The van der Waals surface area contributed by atoms with Crippen molar-refractivity contribution in [2.45, 2.75) is 39.2 Å². The third-order valence-electron chi connectivity index (χ3n) is 4.86. The van der Waals surface area contributed by atoms with E-state index in [2.05, 4.69) is 36.9 Å². The highest BCUT2D eigenvalue weighted by Crippen LogP contribution is 2.29. The van der Waals surface area contributed by atoms with Crippen molar-refractivity contribution in [3.8, 4) is 5.75 Å². The van der Waals surface area contributed by atoms with Crippen molar-refractivity contribution >= 4 is 12.4 Å². The number of fused-ring (bicyclic) bond motifs is 1. The molecule has 1 unspecified atom stereocenters. The fourth-order valence-corrected chi connectivity index (χ4v) is 3.36. The third-order valence-corrected chi connectivity index (χ3v) is 4.86. The van der Waals surface area contributed by atoms with Gasteiger partial charge in [0.1, 0.15) is 5.75 Å². The van der Waals surface area contributed by atoms with E-state index < -0.39 is 0 Å². The minimum absolute atomic E-state index is 0. The lowest BCUT2D eigenvalue weighted by Gasteiger charge is -2.42. The Hall–Kier alpha value is -0.770. The molecule has 1 saturated heterocycles. The second kappa shape index (κ2) is 6.55. The fourth-order valence-electron chi connectivity index (χ4n) is 3.36. The summed E-state index contributed by atoms with van der Waals surface area (Å²) in [5.41, 5.74) is 9.25. The number of benzene rings is 1. The van der Waals surface area contributed by atoms with Gasteiger partial charge in [-0.3, -0.25) is 0 Å². The molecule has 118 valence electrons. The monoisotopic (exact) mass is 310 g/mol. The van der Waals surface area contributed by atoms with Crippen molar-refractivity contribution in [1.29, 1.82) is 0 Å². The highest BCUT2D eigenvalue weighted by Gasteiger charge is 2.32. The van der Waals surface area contributed by atoms with Gasteiger partial charge in [0.25, 0.3) is 0 Å². The van der Waals surface area contributed by atoms with Crippen LogP contribution in [0.5, 0.6) is 5.75 Å². The number of hydrogen-bond acceptors (Lipinski definition) is 3. The fraction of sp³-hybridized carbons (Fsp3) is 0.647. The van der Waals surface area contributed by atoms with Crippen LogP contribution in [0.4, 0.5) is 0 Å². The Labute approximate surface area is 134 Å². The number of ether oxygens (including phenoxy) is 1. The van der Waals surface area contributed by atoms with Crippen LogP contribution in [-0.4, -0.2) is 37.2 Å². The maximum absolute atomic E-state index is 6.20. The van der Waals surface area contributed by atoms with Gasteiger partial charge in [0, 0.05) is 25.6 Å². The molecule has 1 fully saturated rings. The molecule has 0 amide bonds. The number of nitrogens with two attached hydrogens (primary N) is 1. The van der Waals surface area contributed by atoms with Crippen LogP contribution in [-0.2, 0) is 12.8 Å². The van der Waals surface area contributed by atoms with Crippen molar-refractivity contribution in [2.75, 3.05) is 26.2 Å². The maximum atomic E-state index is 6.20. The SMILES string of the molecule is CC1(C)CN(CCc2ccc3c(c2)CCO3)CCC1N.Cl. The largest absolute Gasteiger partial charge is 0.493 e. The zero-order valence-corrected chi connectivity index (χ0v) is 13.9. The number of rotatable bonds is 3. The van der Waals surface area contributed by atoms with Crippen LogP contribution in [0.25, 0.3) is 0 Å². The van der Waals surface area contributed by atoms with E-state index in [4.69, 9.17) is 10.5 Å². The average Bonchev–Trinajstić information content (AvgIpc) is 2.87. The normalized spacial score (nSPS) is 24.0. The number of piperidine rings is 1. The molecule has 0 saturated carbocycles. The van der Waals surface area contributed by atoms with Gasteiger partial charge in [-0.15, -0.1) is 12.4 Å². The van der Waals surface area contributed by atoms with Crippen LogP contribution in [0.15, 0.2) is 18.2 Å². The molecule has 2 N–H and O–H groups in total. The van der Waals surface area contributed by atoms with E-state index in [9.17, 15) is 0 Å². The number of halogens is 1. The van der Waals surface area contributed by atoms with Gasteiger partial charge in [0.2, 0.25) is 0 Å². The molecule has 0 bridgehead atoms. The second-order valence-electron chi connectivity index (χ2n) is 6.95. The van der Waals surface area contributed by atoms with E-state index in [1.54, 1.807) is 0 Å². The Bertz CT molecular complexity index is 490. The topological polar surface area (TPSA) is 38.5 Å². The van der Waals surface area contributed by atoms with Crippen LogP contribution in [0.1, 0.15) is 31.4 Å². The Morgan fingerprint density at radius 1 is 1.38 bits per heavy atom. The number of hydrogen-bond donors (Lipinski definition) is 1. The quantitative estimate of drug-likeness (QED) is 0.933. The molecule has 21 heavy (non-hydrogen) atoms. The Morgan fingerprint density at radius 2 is 2.19 bits per heavy atom. The zero-order chi connectivity index (χ0) is 14.2. The van der Waals surface area contributed by atoms with Crippen molar-refractivity contribution in [3.63, 3.8) is 0 Å².